The quantitative estimate of drug-likeness (QED) is 0.139. The Hall–Kier alpha value is -3.82. The van der Waals surface area contributed by atoms with Gasteiger partial charge in [0.05, 0.1) is 6.16 Å². The molecule has 2 heteroatoms. The van der Waals surface area contributed by atoms with E-state index in [4.69, 9.17) is 0 Å². The molecule has 0 heterocycles. The Morgan fingerprint density at radius 2 is 0.721 bits per heavy atom. The summed E-state index contributed by atoms with van der Waals surface area (Å²) in [5.41, 5.74) is 3.53. The predicted molar refractivity (Wildman–Crippen MR) is 194 cm³/mol. The van der Waals surface area contributed by atoms with E-state index in [1.807, 2.05) is 0 Å². The van der Waals surface area contributed by atoms with Gasteiger partial charge in [-0.1, -0.05) is 154 Å². The van der Waals surface area contributed by atoms with Crippen LogP contribution in [-0.2, 0) is 12.8 Å². The first-order valence-electron chi connectivity index (χ1n) is 15.2. The number of hydrogen-bond donors (Lipinski definition) is 0. The van der Waals surface area contributed by atoms with E-state index >= 15 is 0 Å². The molecule has 0 N–H and O–H groups in total. The molecule has 1 atom stereocenters. The topological polar surface area (TPSA) is 0 Å². The monoisotopic (exact) mass is 595 g/mol. The van der Waals surface area contributed by atoms with E-state index in [0.29, 0.717) is 5.66 Å². The van der Waals surface area contributed by atoms with E-state index in [2.05, 4.69) is 189 Å². The predicted octanol–water partition coefficient (Wildman–Crippen LogP) is 8.84. The molecule has 0 saturated carbocycles. The molecule has 214 valence electrons. The summed E-state index contributed by atoms with van der Waals surface area (Å²) in [7, 11) is -0.687. The summed E-state index contributed by atoms with van der Waals surface area (Å²) >= 11 is 0. The number of hydrogen-bond acceptors (Lipinski definition) is 0. The van der Waals surface area contributed by atoms with Gasteiger partial charge in [-0.3, -0.25) is 0 Å². The Labute approximate surface area is 261 Å². The van der Waals surface area contributed by atoms with Gasteiger partial charge in [-0.15, -0.1) is 0 Å². The lowest BCUT2D eigenvalue weighted by molar-refractivity contribution is 0.839. The van der Waals surface area contributed by atoms with E-state index in [1.165, 1.54) is 32.3 Å². The Morgan fingerprint density at radius 3 is 1.05 bits per heavy atom. The summed E-state index contributed by atoms with van der Waals surface area (Å²) in [5.74, 6) is 0. The summed E-state index contributed by atoms with van der Waals surface area (Å²) in [6.45, 7) is 2.32. The van der Waals surface area contributed by atoms with Gasteiger partial charge in [0.2, 0.25) is 0 Å². The Morgan fingerprint density at radius 1 is 0.419 bits per heavy atom. The van der Waals surface area contributed by atoms with Gasteiger partial charge in [0, 0.05) is 0 Å². The van der Waals surface area contributed by atoms with Crippen LogP contribution in [-0.4, -0.2) is 11.8 Å². The van der Waals surface area contributed by atoms with E-state index in [9.17, 15) is 0 Å². The molecule has 0 bridgehead atoms. The molecule has 0 nitrogen and oxygen atoms in total. The minimum absolute atomic E-state index is 0.659. The average molecular weight is 596 g/mol. The first kappa shape index (κ1) is 30.6. The van der Waals surface area contributed by atoms with Crippen molar-refractivity contribution < 1.29 is 0 Å². The minimum atomic E-state index is -1.53. The van der Waals surface area contributed by atoms with Gasteiger partial charge in [0.15, 0.2) is 0 Å². The normalized spacial score (nSPS) is 11.3. The summed E-state index contributed by atoms with van der Waals surface area (Å²) in [5, 5.41) is 5.85. The average Bonchev–Trinajstić information content (AvgIpc) is 3.09. The minimum Gasteiger partial charge on any atom is -0.0865 e. The van der Waals surface area contributed by atoms with Crippen LogP contribution < -0.4 is 21.2 Å². The SMILES string of the molecule is CC[P+](c1ccccc1)(c1ccccc1)c1ccccc1.c1ccc(CC(Cc2ccccc2)Pc2ccccc2)cc1. The van der Waals surface area contributed by atoms with Gasteiger partial charge < -0.3 is 0 Å². The summed E-state index contributed by atoms with van der Waals surface area (Å²) in [6, 6.07) is 65.6. The second-order valence-electron chi connectivity index (χ2n) is 10.7. The second kappa shape index (κ2) is 16.1. The molecule has 0 aromatic heterocycles. The maximum atomic E-state index is 2.32. The molecule has 6 aromatic rings. The first-order chi connectivity index (χ1) is 21.3. The van der Waals surface area contributed by atoms with Crippen LogP contribution in [0, 0.1) is 0 Å². The molecule has 6 rings (SSSR count). The summed E-state index contributed by atoms with van der Waals surface area (Å²) in [4.78, 5) is 0. The van der Waals surface area contributed by atoms with Crippen LogP contribution in [0.5, 0.6) is 0 Å². The van der Waals surface area contributed by atoms with Crippen LogP contribution in [0.4, 0.5) is 0 Å². The van der Waals surface area contributed by atoms with Gasteiger partial charge in [-0.05, 0) is 78.3 Å². The van der Waals surface area contributed by atoms with Gasteiger partial charge in [0.1, 0.15) is 23.2 Å². The molecule has 0 aliphatic rings. The standard InChI is InChI=1S/C21H21P.C20H20P/c1-4-10-18(11-5-1)16-21(17-19-12-6-2-7-13-19)22-20-14-8-3-9-15-20;1-2-21(18-12-6-3-7-13-18,19-14-8-4-9-15-19)20-16-10-5-11-17-20/h1-15,21-22H,16-17H2;3-17H,2H2,1H3/q;+1. The van der Waals surface area contributed by atoms with E-state index in [1.54, 1.807) is 0 Å². The molecular weight excluding hydrogens is 554 g/mol. The lowest BCUT2D eigenvalue weighted by Crippen LogP contribution is -2.32. The molecule has 0 aliphatic carbocycles. The third kappa shape index (κ3) is 8.39. The van der Waals surface area contributed by atoms with Gasteiger partial charge >= 0.3 is 0 Å². The summed E-state index contributed by atoms with van der Waals surface area (Å²) in [6.07, 6.45) is 3.43. The van der Waals surface area contributed by atoms with Crippen LogP contribution in [0.15, 0.2) is 182 Å². The fourth-order valence-corrected chi connectivity index (χ4v) is 11.3. The highest BCUT2D eigenvalue weighted by atomic mass is 31.2. The maximum Gasteiger partial charge on any atom is 0.111 e. The molecular formula is C41H41P2+. The third-order valence-corrected chi connectivity index (χ3v) is 13.8. The zero-order valence-corrected chi connectivity index (χ0v) is 26.9. The molecule has 6 aromatic carbocycles. The van der Waals surface area contributed by atoms with Crippen LogP contribution in [0.1, 0.15) is 18.1 Å². The highest BCUT2D eigenvalue weighted by Crippen LogP contribution is 2.54. The first-order valence-corrected chi connectivity index (χ1v) is 18.3. The van der Waals surface area contributed by atoms with Gasteiger partial charge in [0.25, 0.3) is 0 Å². The molecule has 0 aliphatic heterocycles. The maximum absolute atomic E-state index is 2.32. The molecule has 0 radical (unpaired) electrons. The van der Waals surface area contributed by atoms with Crippen LogP contribution in [0.25, 0.3) is 0 Å². The van der Waals surface area contributed by atoms with Crippen molar-refractivity contribution in [3.63, 3.8) is 0 Å². The van der Waals surface area contributed by atoms with Gasteiger partial charge in [-0.2, -0.15) is 0 Å². The zero-order valence-electron chi connectivity index (χ0n) is 25.0. The lowest BCUT2D eigenvalue weighted by Gasteiger charge is -2.26. The third-order valence-electron chi connectivity index (χ3n) is 7.86. The molecule has 0 saturated heterocycles. The van der Waals surface area contributed by atoms with Crippen LogP contribution in [0.3, 0.4) is 0 Å². The van der Waals surface area contributed by atoms with E-state index < -0.39 is 7.26 Å². The van der Waals surface area contributed by atoms with Crippen molar-refractivity contribution in [1.29, 1.82) is 0 Å². The fourth-order valence-electron chi connectivity index (χ4n) is 5.78. The van der Waals surface area contributed by atoms with Crippen molar-refractivity contribution in [3.8, 4) is 0 Å². The highest BCUT2D eigenvalue weighted by molar-refractivity contribution is 7.95. The number of benzene rings is 6. The Balaban J connectivity index is 0.000000171. The van der Waals surface area contributed by atoms with Gasteiger partial charge in [-0.25, -0.2) is 0 Å². The second-order valence-corrected chi connectivity index (χ2v) is 16.2. The van der Waals surface area contributed by atoms with E-state index in [-0.39, 0.29) is 0 Å². The Bertz CT molecular complexity index is 1390. The molecule has 1 unspecified atom stereocenters. The van der Waals surface area contributed by atoms with Crippen molar-refractivity contribution in [3.05, 3.63) is 193 Å². The molecule has 0 spiro atoms. The summed E-state index contributed by atoms with van der Waals surface area (Å²) < 4.78 is 0. The molecule has 43 heavy (non-hydrogen) atoms. The van der Waals surface area contributed by atoms with Crippen molar-refractivity contribution in [2.45, 2.75) is 25.4 Å². The van der Waals surface area contributed by atoms with Crippen LogP contribution in [0.2, 0.25) is 0 Å². The highest BCUT2D eigenvalue weighted by Gasteiger charge is 2.43. The zero-order chi connectivity index (χ0) is 29.6. The van der Waals surface area contributed by atoms with Crippen molar-refractivity contribution in [1.82, 2.24) is 0 Å². The Kier molecular flexibility index (Phi) is 11.5. The lowest BCUT2D eigenvalue weighted by atomic mass is 10.0. The van der Waals surface area contributed by atoms with Crippen molar-refractivity contribution in [2.24, 2.45) is 0 Å². The molecule has 0 amide bonds. The van der Waals surface area contributed by atoms with Crippen molar-refractivity contribution in [2.75, 3.05) is 6.16 Å². The molecule has 0 fully saturated rings. The van der Waals surface area contributed by atoms with E-state index in [0.717, 1.165) is 27.6 Å². The number of rotatable bonds is 10. The fraction of sp³-hybridized carbons (Fsp3) is 0.122. The largest absolute Gasteiger partial charge is 0.111 e. The van der Waals surface area contributed by atoms with Crippen LogP contribution >= 0.6 is 15.8 Å². The smallest absolute Gasteiger partial charge is 0.0865 e. The van der Waals surface area contributed by atoms with Crippen molar-refractivity contribution >= 4 is 37.1 Å².